The van der Waals surface area contributed by atoms with E-state index in [2.05, 4.69) is 22.6 Å². The van der Waals surface area contributed by atoms with Crippen LogP contribution < -0.4 is 0 Å². The van der Waals surface area contributed by atoms with E-state index < -0.39 is 0 Å². The number of hydrogen-bond acceptors (Lipinski definition) is 2. The average molecular weight is 170 g/mol. The molecule has 0 heterocycles. The van der Waals surface area contributed by atoms with Gasteiger partial charge in [-0.05, 0) is 13.3 Å². The van der Waals surface area contributed by atoms with Gasteiger partial charge >= 0.3 is 5.97 Å². The Morgan fingerprint density at radius 1 is 1.50 bits per heavy atom. The third-order valence-corrected chi connectivity index (χ3v) is 1.26. The van der Waals surface area contributed by atoms with E-state index in [-0.39, 0.29) is 12.4 Å². The van der Waals surface area contributed by atoms with E-state index >= 15 is 0 Å². The molecule has 0 N–H and O–H groups in total. The van der Waals surface area contributed by atoms with Gasteiger partial charge in [-0.2, -0.15) is 0 Å². The van der Waals surface area contributed by atoms with Crippen molar-refractivity contribution in [3.05, 3.63) is 4.85 Å². The zero-order valence-corrected chi connectivity index (χ0v) is 7.80. The number of carbonyl (C=O) groups excluding carboxylic acids is 1. The molecule has 0 fully saturated rings. The van der Waals surface area contributed by atoms with Gasteiger partial charge in [0.25, 0.3) is 12.6 Å². The Bertz CT molecular complexity index is 179. The number of hydrogen-bond donors (Lipinski definition) is 0. The minimum absolute atomic E-state index is 0.178. The van der Waals surface area contributed by atoms with E-state index in [0.29, 0.717) is 6.61 Å². The molecule has 0 saturated heterocycles. The highest BCUT2D eigenvalue weighted by Gasteiger charge is 2.01. The van der Waals surface area contributed by atoms with Crippen LogP contribution in [-0.4, -0.2) is 19.1 Å². The summed E-state index contributed by atoms with van der Waals surface area (Å²) in [7, 11) is 0. The van der Waals surface area contributed by atoms with E-state index in [4.69, 9.17) is 0 Å². The lowest BCUT2D eigenvalue weighted by Gasteiger charge is -1.91. The molecule has 0 atom stereocenters. The van der Waals surface area contributed by atoms with Crippen molar-refractivity contribution in [3.8, 4) is 6.07 Å². The zero-order valence-electron chi connectivity index (χ0n) is 7.80. The predicted molar refractivity (Wildman–Crippen MR) is 48.3 cm³/mol. The van der Waals surface area contributed by atoms with Crippen LogP contribution in [0.15, 0.2) is 0 Å². The van der Waals surface area contributed by atoms with Gasteiger partial charge in [0.1, 0.15) is 0 Å². The standard InChI is InChI=1S/C9H16NO2/c1-3-5-7-10-8-6-9(11)12-4-2/h3-7H2,1-2H3/q+1. The number of nitrogens with zero attached hydrogens (tertiary/aromatic N) is 1. The van der Waals surface area contributed by atoms with Crippen LogP contribution in [0.1, 0.15) is 33.1 Å². The number of ether oxygens (including phenoxy) is 1. The highest BCUT2D eigenvalue weighted by atomic mass is 16.5. The van der Waals surface area contributed by atoms with Gasteiger partial charge in [0.15, 0.2) is 6.42 Å². The minimum atomic E-state index is -0.252. The molecular weight excluding hydrogens is 154 g/mol. The average Bonchev–Trinajstić information content (AvgIpc) is 2.05. The third-order valence-electron chi connectivity index (χ3n) is 1.26. The van der Waals surface area contributed by atoms with Gasteiger partial charge < -0.3 is 4.74 Å². The highest BCUT2D eigenvalue weighted by molar-refractivity contribution is 5.71. The molecule has 12 heavy (non-hydrogen) atoms. The summed E-state index contributed by atoms with van der Waals surface area (Å²) in [6.07, 6.45) is 2.35. The molecule has 0 aromatic rings. The van der Waals surface area contributed by atoms with Crippen molar-refractivity contribution in [3.63, 3.8) is 0 Å². The molecule has 0 spiro atoms. The summed E-state index contributed by atoms with van der Waals surface area (Å²) >= 11 is 0. The Hall–Kier alpha value is -1.04. The SMILES string of the molecule is CCCC[N+]#CCC(=O)OCC. The molecule has 0 aromatic carbocycles. The van der Waals surface area contributed by atoms with Crippen molar-refractivity contribution in [1.29, 1.82) is 0 Å². The van der Waals surface area contributed by atoms with Gasteiger partial charge in [-0.15, -0.1) is 0 Å². The topological polar surface area (TPSA) is 30.7 Å². The number of carbonyl (C=O) groups is 1. The lowest BCUT2D eigenvalue weighted by Crippen LogP contribution is -2.01. The number of esters is 1. The van der Waals surface area contributed by atoms with Gasteiger partial charge in [-0.1, -0.05) is 11.8 Å². The molecule has 0 unspecified atom stereocenters. The number of unbranched alkanes of at least 4 members (excludes halogenated alkanes) is 1. The Balaban J connectivity index is 3.36. The lowest BCUT2D eigenvalue weighted by atomic mass is 10.3. The summed E-state index contributed by atoms with van der Waals surface area (Å²) < 4.78 is 4.69. The monoisotopic (exact) mass is 170 g/mol. The van der Waals surface area contributed by atoms with Crippen molar-refractivity contribution < 1.29 is 9.53 Å². The Morgan fingerprint density at radius 2 is 2.25 bits per heavy atom. The second-order valence-corrected chi connectivity index (χ2v) is 2.38. The summed E-state index contributed by atoms with van der Waals surface area (Å²) in [5.41, 5.74) is 0. The Labute approximate surface area is 73.5 Å². The molecule has 0 saturated carbocycles. The van der Waals surface area contributed by atoms with Gasteiger partial charge in [-0.25, -0.2) is 0 Å². The normalized spacial score (nSPS) is 8.50. The molecule has 3 nitrogen and oxygen atoms in total. The Kier molecular flexibility index (Phi) is 7.36. The second-order valence-electron chi connectivity index (χ2n) is 2.38. The van der Waals surface area contributed by atoms with E-state index in [1.807, 2.05) is 0 Å². The van der Waals surface area contributed by atoms with Crippen molar-refractivity contribution in [2.45, 2.75) is 33.1 Å². The molecule has 0 amide bonds. The second kappa shape index (κ2) is 8.06. The Morgan fingerprint density at radius 3 is 2.83 bits per heavy atom. The smallest absolute Gasteiger partial charge is 0.324 e. The van der Waals surface area contributed by atoms with Crippen LogP contribution in [0.25, 0.3) is 4.85 Å². The molecule has 3 heteroatoms. The van der Waals surface area contributed by atoms with Gasteiger partial charge in [0, 0.05) is 6.42 Å². The van der Waals surface area contributed by atoms with Crippen LogP contribution >= 0.6 is 0 Å². The van der Waals surface area contributed by atoms with Gasteiger partial charge in [-0.3, -0.25) is 4.79 Å². The van der Waals surface area contributed by atoms with E-state index in [1.165, 1.54) is 0 Å². The molecule has 0 radical (unpaired) electrons. The van der Waals surface area contributed by atoms with Crippen LogP contribution in [0.2, 0.25) is 0 Å². The first-order valence-electron chi connectivity index (χ1n) is 4.36. The van der Waals surface area contributed by atoms with Crippen LogP contribution in [0.4, 0.5) is 0 Å². The van der Waals surface area contributed by atoms with Crippen molar-refractivity contribution >= 4 is 5.97 Å². The largest absolute Gasteiger partial charge is 0.465 e. The highest BCUT2D eigenvalue weighted by Crippen LogP contribution is 1.88. The summed E-state index contributed by atoms with van der Waals surface area (Å²) in [5, 5.41) is 0. The first-order valence-corrected chi connectivity index (χ1v) is 4.36. The van der Waals surface area contributed by atoms with E-state index in [0.717, 1.165) is 19.4 Å². The molecule has 0 aromatic heterocycles. The molecular formula is C9H16NO2+. The maximum Gasteiger partial charge on any atom is 0.324 e. The van der Waals surface area contributed by atoms with E-state index in [9.17, 15) is 4.79 Å². The third kappa shape index (κ3) is 7.07. The molecule has 0 rings (SSSR count). The van der Waals surface area contributed by atoms with Crippen LogP contribution in [0.5, 0.6) is 0 Å². The van der Waals surface area contributed by atoms with Gasteiger partial charge in [0.2, 0.25) is 0 Å². The molecule has 0 aliphatic carbocycles. The molecule has 0 aliphatic rings. The molecule has 68 valence electrons. The summed E-state index contributed by atoms with van der Waals surface area (Å²) in [6, 6.07) is 2.66. The molecule has 0 bridgehead atoms. The van der Waals surface area contributed by atoms with Crippen molar-refractivity contribution in [1.82, 2.24) is 0 Å². The maximum atomic E-state index is 10.7. The van der Waals surface area contributed by atoms with Crippen molar-refractivity contribution in [2.75, 3.05) is 13.2 Å². The predicted octanol–water partition coefficient (Wildman–Crippen LogP) is 2.07. The minimum Gasteiger partial charge on any atom is -0.465 e. The first kappa shape index (κ1) is 11.0. The lowest BCUT2D eigenvalue weighted by molar-refractivity contribution is -0.141. The number of rotatable bonds is 4. The summed E-state index contributed by atoms with van der Waals surface area (Å²) in [5.74, 6) is -0.252. The summed E-state index contributed by atoms with van der Waals surface area (Å²) in [6.45, 7) is 5.07. The quantitative estimate of drug-likeness (QED) is 0.477. The fourth-order valence-corrected chi connectivity index (χ4v) is 0.649. The summed E-state index contributed by atoms with van der Waals surface area (Å²) in [4.78, 5) is 14.7. The van der Waals surface area contributed by atoms with Crippen LogP contribution in [-0.2, 0) is 9.53 Å². The fourth-order valence-electron chi connectivity index (χ4n) is 0.649. The fraction of sp³-hybridized carbons (Fsp3) is 0.778. The van der Waals surface area contributed by atoms with E-state index in [1.54, 1.807) is 6.92 Å². The van der Waals surface area contributed by atoms with Crippen molar-refractivity contribution in [2.24, 2.45) is 0 Å². The molecule has 0 aliphatic heterocycles. The van der Waals surface area contributed by atoms with Crippen LogP contribution in [0, 0.1) is 6.07 Å². The maximum absolute atomic E-state index is 10.7. The first-order chi connectivity index (χ1) is 5.81. The van der Waals surface area contributed by atoms with Gasteiger partial charge in [0.05, 0.1) is 6.61 Å². The zero-order chi connectivity index (χ0) is 9.23. The van der Waals surface area contributed by atoms with Crippen LogP contribution in [0.3, 0.4) is 0 Å².